The zero-order valence-corrected chi connectivity index (χ0v) is 29.7. The molecular formula is C40H32Cl2SiZr-2. The Kier molecular flexibility index (Phi) is 12.0. The van der Waals surface area contributed by atoms with Crippen molar-refractivity contribution in [1.82, 2.24) is 0 Å². The van der Waals surface area contributed by atoms with Crippen molar-refractivity contribution in [1.29, 1.82) is 0 Å². The summed E-state index contributed by atoms with van der Waals surface area (Å²) in [5.74, 6) is 0. The topological polar surface area (TPSA) is 0 Å². The first-order valence-corrected chi connectivity index (χ1v) is 19.5. The number of halogens is 2. The molecule has 0 fully saturated rings. The van der Waals surface area contributed by atoms with Crippen molar-refractivity contribution < 1.29 is 48.1 Å². The fourth-order valence-corrected chi connectivity index (χ4v) is 9.45. The Morgan fingerprint density at radius 1 is 0.432 bits per heavy atom. The van der Waals surface area contributed by atoms with Crippen LogP contribution in [0.15, 0.2) is 158 Å². The van der Waals surface area contributed by atoms with Crippen molar-refractivity contribution in [2.75, 3.05) is 0 Å². The summed E-state index contributed by atoms with van der Waals surface area (Å²) in [6.45, 7) is 4.30. The van der Waals surface area contributed by atoms with Crippen LogP contribution in [0.2, 0.25) is 0 Å². The van der Waals surface area contributed by atoms with E-state index >= 15 is 0 Å². The standard InChI is InChI=1S/2C14H11.C12H10Si.2ClH.Zr/c2*1-10-8-12-7-6-11-4-2-3-5-13(11)14(12)9-10;1-3-7-11(8-4-1)13-12-9-5-2-6-10-12;;;/h2*2-9H,1H3;1-10H;2*1H;/q2*-1;;;;+2/p-2. The van der Waals surface area contributed by atoms with Crippen LogP contribution < -0.4 is 35.2 Å². The van der Waals surface area contributed by atoms with Crippen molar-refractivity contribution in [3.8, 4) is 0 Å². The molecule has 4 heteroatoms. The molecule has 44 heavy (non-hydrogen) atoms. The minimum absolute atomic E-state index is 0. The van der Waals surface area contributed by atoms with Gasteiger partial charge in [-0.3, -0.25) is 0 Å². The predicted molar refractivity (Wildman–Crippen MR) is 181 cm³/mol. The first-order valence-electron chi connectivity index (χ1n) is 14.4. The Morgan fingerprint density at radius 2 is 0.795 bits per heavy atom. The van der Waals surface area contributed by atoms with Gasteiger partial charge in [-0.25, -0.2) is 0 Å². The Hall–Kier alpha value is -3.26. The Morgan fingerprint density at radius 3 is 1.20 bits per heavy atom. The van der Waals surface area contributed by atoms with E-state index in [-0.39, 0.29) is 24.8 Å². The molecule has 0 spiro atoms. The molecule has 0 aromatic heterocycles. The van der Waals surface area contributed by atoms with E-state index < -0.39 is 5.43 Å². The van der Waals surface area contributed by atoms with Gasteiger partial charge in [0.1, 0.15) is 0 Å². The van der Waals surface area contributed by atoms with Crippen LogP contribution in [0.4, 0.5) is 0 Å². The average Bonchev–Trinajstić information content (AvgIpc) is 3.63. The van der Waals surface area contributed by atoms with Crippen LogP contribution in [0.25, 0.3) is 43.1 Å². The third-order valence-corrected chi connectivity index (χ3v) is 13.7. The van der Waals surface area contributed by atoms with E-state index in [4.69, 9.17) is 0 Å². The summed E-state index contributed by atoms with van der Waals surface area (Å²) in [7, 11) is 0. The second-order valence-electron chi connectivity index (χ2n) is 10.8. The van der Waals surface area contributed by atoms with Crippen molar-refractivity contribution >= 4 is 58.9 Å². The molecule has 0 saturated carbocycles. The van der Waals surface area contributed by atoms with Gasteiger partial charge in [0.15, 0.2) is 0 Å². The zero-order chi connectivity index (χ0) is 28.9. The first kappa shape index (κ1) is 33.6. The second kappa shape index (κ2) is 15.6. The summed E-state index contributed by atoms with van der Waals surface area (Å²) in [6, 6.07) is 56.5. The van der Waals surface area contributed by atoms with Crippen LogP contribution in [0.5, 0.6) is 0 Å². The number of rotatable bonds is 2. The third-order valence-electron chi connectivity index (χ3n) is 7.64. The van der Waals surface area contributed by atoms with Gasteiger partial charge in [0.2, 0.25) is 0 Å². The molecule has 8 aromatic rings. The van der Waals surface area contributed by atoms with Crippen LogP contribution >= 0.6 is 0 Å². The fraction of sp³-hybridized carbons (Fsp3) is 0.0500. The molecular weight excluding hydrogens is 671 g/mol. The normalized spacial score (nSPS) is 10.3. The molecule has 0 aliphatic heterocycles. The molecule has 0 radical (unpaired) electrons. The van der Waals surface area contributed by atoms with Crippen molar-refractivity contribution in [3.05, 3.63) is 169 Å². The molecule has 0 unspecified atom stereocenters. The molecule has 8 rings (SSSR count). The maximum atomic E-state index is 2.26. The summed E-state index contributed by atoms with van der Waals surface area (Å²) < 4.78 is 0. The summed E-state index contributed by atoms with van der Waals surface area (Å²) in [5, 5.41) is 13.8. The summed E-state index contributed by atoms with van der Waals surface area (Å²) in [4.78, 5) is 0. The fourth-order valence-electron chi connectivity index (χ4n) is 5.60. The van der Waals surface area contributed by atoms with Gasteiger partial charge in [-0.1, -0.05) is 85.3 Å². The van der Waals surface area contributed by atoms with Crippen LogP contribution in [0, 0.1) is 13.8 Å². The second-order valence-corrected chi connectivity index (χ2v) is 16.3. The number of benzene rings is 6. The van der Waals surface area contributed by atoms with Gasteiger partial charge < -0.3 is 24.8 Å². The minimum atomic E-state index is -0.455. The number of hydrogen-bond acceptors (Lipinski definition) is 0. The van der Waals surface area contributed by atoms with Crippen LogP contribution in [0.3, 0.4) is 0 Å². The Labute approximate surface area is 287 Å². The molecule has 0 heterocycles. The molecule has 216 valence electrons. The Balaban J connectivity index is 0.000000147. The number of hydrogen-bond donors (Lipinski definition) is 0. The van der Waals surface area contributed by atoms with E-state index in [0.717, 1.165) is 0 Å². The van der Waals surface area contributed by atoms with Gasteiger partial charge >= 0.3 is 99.8 Å². The summed E-state index contributed by atoms with van der Waals surface area (Å²) >= 11 is 1.64. The van der Waals surface area contributed by atoms with Gasteiger partial charge in [-0.15, -0.1) is 56.9 Å². The van der Waals surface area contributed by atoms with Gasteiger partial charge in [0.05, 0.1) is 0 Å². The average molecular weight is 703 g/mol. The summed E-state index contributed by atoms with van der Waals surface area (Å²) in [6.07, 6.45) is 0. The van der Waals surface area contributed by atoms with E-state index in [1.807, 2.05) is 0 Å². The van der Waals surface area contributed by atoms with E-state index in [9.17, 15) is 0 Å². The SMILES string of the molecule is Cc1cc2c(ccc3ccccc32)[cH-]1.Cc1cc2c(ccc3ccccc32)[cH-]1.[Cl-].[Cl-].[Zr+2]=[Si](c1ccccc1)c1ccccc1. The van der Waals surface area contributed by atoms with Gasteiger partial charge in [0, 0.05) is 0 Å². The van der Waals surface area contributed by atoms with E-state index in [1.54, 1.807) is 23.3 Å². The van der Waals surface area contributed by atoms with Crippen molar-refractivity contribution in [3.63, 3.8) is 0 Å². The van der Waals surface area contributed by atoms with Gasteiger partial charge in [-0.05, 0) is 10.8 Å². The van der Waals surface area contributed by atoms with Crippen molar-refractivity contribution in [2.45, 2.75) is 13.8 Å². The number of aryl methyl sites for hydroxylation is 2. The van der Waals surface area contributed by atoms with Gasteiger partial charge in [-0.2, -0.15) is 12.1 Å². The summed E-state index contributed by atoms with van der Waals surface area (Å²) in [5.41, 5.74) is 2.23. The molecule has 0 N–H and O–H groups in total. The first-order chi connectivity index (χ1) is 20.6. The third kappa shape index (κ3) is 7.68. The Bertz CT molecular complexity index is 1970. The van der Waals surface area contributed by atoms with E-state index in [0.29, 0.717) is 0 Å². The molecule has 0 saturated heterocycles. The molecule has 0 nitrogen and oxygen atoms in total. The van der Waals surface area contributed by atoms with Crippen LogP contribution in [0.1, 0.15) is 11.1 Å². The zero-order valence-electron chi connectivity index (χ0n) is 24.8. The van der Waals surface area contributed by atoms with E-state index in [2.05, 4.69) is 172 Å². The van der Waals surface area contributed by atoms with Crippen molar-refractivity contribution in [2.24, 2.45) is 0 Å². The molecule has 0 bridgehead atoms. The molecule has 8 aromatic carbocycles. The maximum absolute atomic E-state index is 2.26. The molecule has 0 aliphatic carbocycles. The molecule has 0 amide bonds. The van der Waals surface area contributed by atoms with Crippen LogP contribution in [-0.2, 0) is 23.3 Å². The quantitative estimate of drug-likeness (QED) is 0.192. The number of fused-ring (bicyclic) bond motifs is 6. The molecule has 0 aliphatic rings. The monoisotopic (exact) mass is 700 g/mol. The van der Waals surface area contributed by atoms with E-state index in [1.165, 1.54) is 64.6 Å². The van der Waals surface area contributed by atoms with Crippen LogP contribution in [-0.4, -0.2) is 5.43 Å². The predicted octanol–water partition coefficient (Wildman–Crippen LogP) is 3.39. The molecule has 0 atom stereocenters. The van der Waals surface area contributed by atoms with Gasteiger partial charge in [0.25, 0.3) is 0 Å².